The molecule has 0 aliphatic rings. The molecule has 3 heteroatoms. The molecule has 0 aromatic heterocycles. The van der Waals surface area contributed by atoms with Gasteiger partial charge in [0.05, 0.1) is 13.2 Å². The van der Waals surface area contributed by atoms with Gasteiger partial charge in [-0.1, -0.05) is 30.3 Å². The van der Waals surface area contributed by atoms with E-state index < -0.39 is 6.10 Å². The Kier molecular flexibility index (Phi) is 3.61. The third kappa shape index (κ3) is 2.25. The summed E-state index contributed by atoms with van der Waals surface area (Å²) in [4.78, 5) is 0. The number of hydrogen-bond acceptors (Lipinski definition) is 3. The third-order valence-corrected chi connectivity index (χ3v) is 2.94. The van der Waals surface area contributed by atoms with E-state index in [1.165, 1.54) is 0 Å². The molecular formula is C14H17NO2. The van der Waals surface area contributed by atoms with Gasteiger partial charge in [0.1, 0.15) is 5.75 Å². The van der Waals surface area contributed by atoms with E-state index in [9.17, 15) is 5.11 Å². The van der Waals surface area contributed by atoms with Crippen LogP contribution in [0.3, 0.4) is 0 Å². The Morgan fingerprint density at radius 1 is 1.18 bits per heavy atom. The summed E-state index contributed by atoms with van der Waals surface area (Å²) in [5.74, 6) is 0.823. The van der Waals surface area contributed by atoms with E-state index >= 15 is 0 Å². The lowest BCUT2D eigenvalue weighted by Gasteiger charge is -2.14. The maximum Gasteiger partial charge on any atom is 0.126 e. The van der Waals surface area contributed by atoms with Gasteiger partial charge in [-0.05, 0) is 30.0 Å². The van der Waals surface area contributed by atoms with Crippen molar-refractivity contribution in [2.45, 2.75) is 12.5 Å². The Morgan fingerprint density at radius 3 is 2.53 bits per heavy atom. The number of rotatable bonds is 4. The van der Waals surface area contributed by atoms with Crippen molar-refractivity contribution in [2.75, 3.05) is 13.7 Å². The number of aliphatic hydroxyl groups excluding tert-OH is 1. The summed E-state index contributed by atoms with van der Waals surface area (Å²) in [5.41, 5.74) is 6.39. The summed E-state index contributed by atoms with van der Waals surface area (Å²) in [6, 6.07) is 11.7. The number of nitrogens with two attached hydrogens (primary N) is 1. The van der Waals surface area contributed by atoms with Gasteiger partial charge >= 0.3 is 0 Å². The minimum Gasteiger partial charge on any atom is -0.496 e. The quantitative estimate of drug-likeness (QED) is 0.848. The molecule has 0 amide bonds. The standard InChI is InChI=1S/C14H17NO2/c1-17-14-7-6-11(13(16)8-9-15)10-4-2-3-5-12(10)14/h2-7,13,16H,8-9,15H2,1H3/t13-/m1/s1. The van der Waals surface area contributed by atoms with Gasteiger partial charge < -0.3 is 15.6 Å². The number of ether oxygens (including phenoxy) is 1. The molecule has 0 unspecified atom stereocenters. The van der Waals surface area contributed by atoms with Crippen LogP contribution in [-0.4, -0.2) is 18.8 Å². The highest BCUT2D eigenvalue weighted by atomic mass is 16.5. The van der Waals surface area contributed by atoms with Gasteiger partial charge in [-0.25, -0.2) is 0 Å². The molecule has 2 aromatic carbocycles. The van der Waals surface area contributed by atoms with E-state index in [0.717, 1.165) is 22.1 Å². The molecule has 0 aliphatic heterocycles. The summed E-state index contributed by atoms with van der Waals surface area (Å²) in [6.45, 7) is 0.474. The van der Waals surface area contributed by atoms with E-state index in [2.05, 4.69) is 0 Å². The van der Waals surface area contributed by atoms with Gasteiger partial charge in [0.25, 0.3) is 0 Å². The van der Waals surface area contributed by atoms with Crippen molar-refractivity contribution in [3.8, 4) is 5.75 Å². The fourth-order valence-electron chi connectivity index (χ4n) is 2.08. The van der Waals surface area contributed by atoms with Crippen LogP contribution in [-0.2, 0) is 0 Å². The number of benzene rings is 2. The van der Waals surface area contributed by atoms with Crippen LogP contribution in [0.2, 0.25) is 0 Å². The number of aliphatic hydroxyl groups is 1. The normalized spacial score (nSPS) is 12.6. The lowest BCUT2D eigenvalue weighted by Crippen LogP contribution is -2.07. The van der Waals surface area contributed by atoms with Gasteiger partial charge in [-0.2, -0.15) is 0 Å². The molecule has 0 bridgehead atoms. The van der Waals surface area contributed by atoms with Crippen LogP contribution in [0.1, 0.15) is 18.1 Å². The molecule has 0 aliphatic carbocycles. The van der Waals surface area contributed by atoms with Crippen molar-refractivity contribution in [3.05, 3.63) is 42.0 Å². The minimum absolute atomic E-state index is 0.474. The molecule has 2 aromatic rings. The van der Waals surface area contributed by atoms with E-state index in [-0.39, 0.29) is 0 Å². The first kappa shape index (κ1) is 11.9. The average Bonchev–Trinajstić information content (AvgIpc) is 2.37. The number of hydrogen-bond donors (Lipinski definition) is 2. The summed E-state index contributed by atoms with van der Waals surface area (Å²) in [6.07, 6.45) is 0.0480. The molecule has 3 nitrogen and oxygen atoms in total. The molecule has 1 atom stereocenters. The second-order valence-electron chi connectivity index (χ2n) is 4.00. The van der Waals surface area contributed by atoms with Crippen LogP contribution >= 0.6 is 0 Å². The predicted octanol–water partition coefficient (Wildman–Crippen LogP) is 2.23. The van der Waals surface area contributed by atoms with Crippen LogP contribution in [0.25, 0.3) is 10.8 Å². The summed E-state index contributed by atoms with van der Waals surface area (Å²) < 4.78 is 5.32. The van der Waals surface area contributed by atoms with Crippen LogP contribution in [0.15, 0.2) is 36.4 Å². The van der Waals surface area contributed by atoms with Gasteiger partial charge in [-0.3, -0.25) is 0 Å². The van der Waals surface area contributed by atoms with Crippen LogP contribution in [0, 0.1) is 0 Å². The van der Waals surface area contributed by atoms with Gasteiger partial charge in [0.2, 0.25) is 0 Å². The lowest BCUT2D eigenvalue weighted by atomic mass is 9.98. The van der Waals surface area contributed by atoms with Crippen molar-refractivity contribution in [3.63, 3.8) is 0 Å². The Labute approximate surface area is 101 Å². The van der Waals surface area contributed by atoms with Crippen molar-refractivity contribution in [2.24, 2.45) is 5.73 Å². The highest BCUT2D eigenvalue weighted by Gasteiger charge is 2.12. The molecule has 3 N–H and O–H groups in total. The highest BCUT2D eigenvalue weighted by Crippen LogP contribution is 2.32. The molecular weight excluding hydrogens is 214 g/mol. The smallest absolute Gasteiger partial charge is 0.126 e. The van der Waals surface area contributed by atoms with E-state index in [0.29, 0.717) is 13.0 Å². The molecule has 2 rings (SSSR count). The Hall–Kier alpha value is -1.58. The molecule has 90 valence electrons. The van der Waals surface area contributed by atoms with Crippen molar-refractivity contribution >= 4 is 10.8 Å². The Bertz CT molecular complexity index is 511. The zero-order chi connectivity index (χ0) is 12.3. The largest absolute Gasteiger partial charge is 0.496 e. The van der Waals surface area contributed by atoms with Crippen LogP contribution < -0.4 is 10.5 Å². The maximum atomic E-state index is 10.1. The molecule has 0 fully saturated rings. The molecule has 0 spiro atoms. The Morgan fingerprint density at radius 2 is 1.88 bits per heavy atom. The zero-order valence-corrected chi connectivity index (χ0v) is 9.89. The SMILES string of the molecule is COc1ccc([C@H](O)CCN)c2ccccc12. The topological polar surface area (TPSA) is 55.5 Å². The predicted molar refractivity (Wildman–Crippen MR) is 69.1 cm³/mol. The van der Waals surface area contributed by atoms with E-state index in [1.54, 1.807) is 7.11 Å². The van der Waals surface area contributed by atoms with Gasteiger partial charge in [0, 0.05) is 5.39 Å². The third-order valence-electron chi connectivity index (χ3n) is 2.94. The summed E-state index contributed by atoms with van der Waals surface area (Å²) >= 11 is 0. The van der Waals surface area contributed by atoms with Crippen molar-refractivity contribution in [1.29, 1.82) is 0 Å². The average molecular weight is 231 g/mol. The minimum atomic E-state index is -0.518. The first-order valence-electron chi connectivity index (χ1n) is 5.71. The summed E-state index contributed by atoms with van der Waals surface area (Å²) in [7, 11) is 1.65. The van der Waals surface area contributed by atoms with Crippen LogP contribution in [0.4, 0.5) is 0 Å². The molecule has 0 saturated heterocycles. The first-order chi connectivity index (χ1) is 8.27. The fraction of sp³-hybridized carbons (Fsp3) is 0.286. The van der Waals surface area contributed by atoms with Gasteiger partial charge in [0.15, 0.2) is 0 Å². The van der Waals surface area contributed by atoms with Gasteiger partial charge in [-0.15, -0.1) is 0 Å². The van der Waals surface area contributed by atoms with Crippen molar-refractivity contribution in [1.82, 2.24) is 0 Å². The van der Waals surface area contributed by atoms with Crippen LogP contribution in [0.5, 0.6) is 5.75 Å². The lowest BCUT2D eigenvalue weighted by molar-refractivity contribution is 0.172. The zero-order valence-electron chi connectivity index (χ0n) is 9.89. The number of methoxy groups -OCH3 is 1. The Balaban J connectivity index is 2.58. The summed E-state index contributed by atoms with van der Waals surface area (Å²) in [5, 5.41) is 12.1. The highest BCUT2D eigenvalue weighted by molar-refractivity contribution is 5.91. The molecule has 0 heterocycles. The number of fused-ring (bicyclic) bond motifs is 1. The second kappa shape index (κ2) is 5.17. The maximum absolute atomic E-state index is 10.1. The fourth-order valence-corrected chi connectivity index (χ4v) is 2.08. The van der Waals surface area contributed by atoms with Crippen molar-refractivity contribution < 1.29 is 9.84 Å². The molecule has 0 radical (unpaired) electrons. The second-order valence-corrected chi connectivity index (χ2v) is 4.00. The molecule has 0 saturated carbocycles. The monoisotopic (exact) mass is 231 g/mol. The first-order valence-corrected chi connectivity index (χ1v) is 5.71. The van der Waals surface area contributed by atoms with E-state index in [4.69, 9.17) is 10.5 Å². The molecule has 17 heavy (non-hydrogen) atoms. The van der Waals surface area contributed by atoms with E-state index in [1.807, 2.05) is 36.4 Å².